The summed E-state index contributed by atoms with van der Waals surface area (Å²) in [5, 5.41) is 9.47. The Labute approximate surface area is 94.9 Å². The number of phenols is 1. The van der Waals surface area contributed by atoms with Crippen LogP contribution < -0.4 is 0 Å². The van der Waals surface area contributed by atoms with Crippen LogP contribution >= 0.6 is 11.6 Å². The molecule has 0 saturated heterocycles. The summed E-state index contributed by atoms with van der Waals surface area (Å²) in [5.41, 5.74) is 0.419. The Hall–Kier alpha value is -1.02. The van der Waals surface area contributed by atoms with Gasteiger partial charge in [-0.2, -0.15) is 0 Å². The van der Waals surface area contributed by atoms with Gasteiger partial charge in [0.15, 0.2) is 5.78 Å². The smallest absolute Gasteiger partial charge is 0.164 e. The summed E-state index contributed by atoms with van der Waals surface area (Å²) >= 11 is 5.87. The van der Waals surface area contributed by atoms with Crippen LogP contribution in [0.15, 0.2) is 18.2 Å². The lowest BCUT2D eigenvalue weighted by Gasteiger charge is -2.17. The van der Waals surface area contributed by atoms with E-state index in [1.165, 1.54) is 12.1 Å². The molecule has 2 nitrogen and oxygen atoms in total. The predicted molar refractivity (Wildman–Crippen MR) is 61.5 cm³/mol. The number of aromatic hydroxyl groups is 1. The maximum absolute atomic E-state index is 11.8. The molecule has 15 heavy (non-hydrogen) atoms. The van der Waals surface area contributed by atoms with Crippen LogP contribution in [0.4, 0.5) is 0 Å². The van der Waals surface area contributed by atoms with E-state index in [0.717, 1.165) is 0 Å². The van der Waals surface area contributed by atoms with Gasteiger partial charge >= 0.3 is 0 Å². The van der Waals surface area contributed by atoms with Crippen molar-refractivity contribution in [2.24, 2.45) is 5.41 Å². The van der Waals surface area contributed by atoms with Crippen LogP contribution in [0.3, 0.4) is 0 Å². The molecule has 0 amide bonds. The third-order valence-corrected chi connectivity index (χ3v) is 2.26. The zero-order valence-corrected chi connectivity index (χ0v) is 9.93. The van der Waals surface area contributed by atoms with Gasteiger partial charge in [-0.15, -0.1) is 0 Å². The molecule has 1 aromatic rings. The first-order chi connectivity index (χ1) is 6.79. The first-order valence-corrected chi connectivity index (χ1v) is 5.19. The summed E-state index contributed by atoms with van der Waals surface area (Å²) in [6.45, 7) is 6.00. The van der Waals surface area contributed by atoms with Gasteiger partial charge in [-0.05, 0) is 23.6 Å². The van der Waals surface area contributed by atoms with Crippen molar-refractivity contribution in [3.8, 4) is 5.75 Å². The molecule has 0 aliphatic carbocycles. The van der Waals surface area contributed by atoms with E-state index in [2.05, 4.69) is 0 Å². The number of phenolic OH excluding ortho intramolecular Hbond substituents is 1. The molecule has 0 aliphatic rings. The zero-order valence-electron chi connectivity index (χ0n) is 9.17. The predicted octanol–water partition coefficient (Wildman–Crippen LogP) is 3.66. The third-order valence-electron chi connectivity index (χ3n) is 1.94. The van der Waals surface area contributed by atoms with Gasteiger partial charge in [0.2, 0.25) is 0 Å². The topological polar surface area (TPSA) is 37.3 Å². The quantitative estimate of drug-likeness (QED) is 0.782. The fourth-order valence-corrected chi connectivity index (χ4v) is 1.59. The summed E-state index contributed by atoms with van der Waals surface area (Å²) < 4.78 is 0. The van der Waals surface area contributed by atoms with Gasteiger partial charge in [-0.1, -0.05) is 32.4 Å². The molecule has 0 atom stereocenters. The highest BCUT2D eigenvalue weighted by Crippen LogP contribution is 2.27. The number of halogens is 1. The minimum Gasteiger partial charge on any atom is -0.508 e. The minimum absolute atomic E-state index is 0.00694. The molecule has 1 rings (SSSR count). The summed E-state index contributed by atoms with van der Waals surface area (Å²) in [7, 11) is 0. The van der Waals surface area contributed by atoms with Gasteiger partial charge in [-0.25, -0.2) is 0 Å². The highest BCUT2D eigenvalue weighted by molar-refractivity contribution is 6.34. The lowest BCUT2D eigenvalue weighted by atomic mass is 9.88. The normalized spacial score (nSPS) is 11.5. The van der Waals surface area contributed by atoms with Crippen LogP contribution in [-0.2, 0) is 0 Å². The Bertz CT molecular complexity index is 378. The molecule has 0 fully saturated rings. The number of ketones is 1. The Balaban J connectivity index is 2.92. The highest BCUT2D eigenvalue weighted by Gasteiger charge is 2.19. The second-order valence-corrected chi connectivity index (χ2v) is 5.23. The van der Waals surface area contributed by atoms with Gasteiger partial charge in [0.05, 0.1) is 5.02 Å². The molecule has 0 unspecified atom stereocenters. The Morgan fingerprint density at radius 2 is 2.00 bits per heavy atom. The molecule has 3 heteroatoms. The van der Waals surface area contributed by atoms with E-state index in [1.54, 1.807) is 6.07 Å². The Kier molecular flexibility index (Phi) is 3.40. The number of rotatable bonds is 2. The number of Topliss-reactive ketones (excluding diaryl/α,β-unsaturated/α-hetero) is 1. The van der Waals surface area contributed by atoms with Crippen molar-refractivity contribution in [2.75, 3.05) is 0 Å². The molecule has 0 bridgehead atoms. The molecule has 0 aliphatic heterocycles. The monoisotopic (exact) mass is 226 g/mol. The van der Waals surface area contributed by atoms with Crippen molar-refractivity contribution in [2.45, 2.75) is 27.2 Å². The second-order valence-electron chi connectivity index (χ2n) is 4.82. The van der Waals surface area contributed by atoms with E-state index < -0.39 is 0 Å². The van der Waals surface area contributed by atoms with Crippen molar-refractivity contribution in [1.29, 1.82) is 0 Å². The van der Waals surface area contributed by atoms with Crippen LogP contribution in [0, 0.1) is 5.41 Å². The van der Waals surface area contributed by atoms with Gasteiger partial charge in [0.25, 0.3) is 0 Å². The number of hydrogen-bond donors (Lipinski definition) is 1. The lowest BCUT2D eigenvalue weighted by Crippen LogP contribution is -2.13. The van der Waals surface area contributed by atoms with Crippen molar-refractivity contribution < 1.29 is 9.90 Å². The molecule has 0 heterocycles. The molecule has 0 radical (unpaired) electrons. The number of carbonyl (C=O) groups is 1. The average molecular weight is 227 g/mol. The number of hydrogen-bond acceptors (Lipinski definition) is 2. The van der Waals surface area contributed by atoms with Crippen molar-refractivity contribution in [1.82, 2.24) is 0 Å². The van der Waals surface area contributed by atoms with Crippen molar-refractivity contribution >= 4 is 17.4 Å². The minimum atomic E-state index is -0.0572. The van der Waals surface area contributed by atoms with Gasteiger partial charge < -0.3 is 5.11 Å². The lowest BCUT2D eigenvalue weighted by molar-refractivity contribution is 0.0940. The van der Waals surface area contributed by atoms with Crippen LogP contribution in [0.5, 0.6) is 5.75 Å². The van der Waals surface area contributed by atoms with Crippen molar-refractivity contribution in [3.05, 3.63) is 28.8 Å². The largest absolute Gasteiger partial charge is 0.508 e. The summed E-state index contributed by atoms with van der Waals surface area (Å²) in [5.74, 6) is 0.0832. The third kappa shape index (κ3) is 3.56. The van der Waals surface area contributed by atoms with Gasteiger partial charge in [-0.3, -0.25) is 4.79 Å². The van der Waals surface area contributed by atoms with Crippen LogP contribution in [-0.4, -0.2) is 10.9 Å². The van der Waals surface area contributed by atoms with E-state index in [0.29, 0.717) is 17.0 Å². The fourth-order valence-electron chi connectivity index (χ4n) is 1.31. The fraction of sp³-hybridized carbons (Fsp3) is 0.417. The highest BCUT2D eigenvalue weighted by atomic mass is 35.5. The summed E-state index contributed by atoms with van der Waals surface area (Å²) in [4.78, 5) is 11.8. The molecule has 0 spiro atoms. The summed E-state index contributed by atoms with van der Waals surface area (Å²) in [6.07, 6.45) is 0.442. The van der Waals surface area contributed by atoms with Gasteiger partial charge in [0.1, 0.15) is 5.75 Å². The second kappa shape index (κ2) is 4.23. The van der Waals surface area contributed by atoms with E-state index in [1.807, 2.05) is 20.8 Å². The van der Waals surface area contributed by atoms with E-state index >= 15 is 0 Å². The van der Waals surface area contributed by atoms with E-state index in [4.69, 9.17) is 16.7 Å². The SMILES string of the molecule is CC(C)(C)CC(=O)c1ccc(O)cc1Cl. The summed E-state index contributed by atoms with van der Waals surface area (Å²) in [6, 6.07) is 4.42. The molecule has 1 aromatic carbocycles. The average Bonchev–Trinajstić information content (AvgIpc) is 1.99. The Morgan fingerprint density at radius 3 is 2.47 bits per heavy atom. The van der Waals surface area contributed by atoms with Crippen molar-refractivity contribution in [3.63, 3.8) is 0 Å². The standard InChI is InChI=1S/C12H15ClO2/c1-12(2,3)7-11(15)9-5-4-8(14)6-10(9)13/h4-6,14H,7H2,1-3H3. The van der Waals surface area contributed by atoms with Crippen LogP contribution in [0.25, 0.3) is 0 Å². The zero-order chi connectivity index (χ0) is 11.6. The first-order valence-electron chi connectivity index (χ1n) is 4.81. The Morgan fingerprint density at radius 1 is 1.40 bits per heavy atom. The number of carbonyl (C=O) groups excluding carboxylic acids is 1. The van der Waals surface area contributed by atoms with Crippen LogP contribution in [0.2, 0.25) is 5.02 Å². The van der Waals surface area contributed by atoms with Crippen LogP contribution in [0.1, 0.15) is 37.6 Å². The molecule has 82 valence electrons. The van der Waals surface area contributed by atoms with Gasteiger partial charge in [0, 0.05) is 12.0 Å². The maximum atomic E-state index is 11.8. The first kappa shape index (κ1) is 12.1. The number of benzene rings is 1. The molecule has 1 N–H and O–H groups in total. The molecular formula is C12H15ClO2. The molecule has 0 aromatic heterocycles. The van der Waals surface area contributed by atoms with E-state index in [-0.39, 0.29) is 16.9 Å². The molecular weight excluding hydrogens is 212 g/mol. The van der Waals surface area contributed by atoms with E-state index in [9.17, 15) is 4.79 Å². The molecule has 0 saturated carbocycles. The maximum Gasteiger partial charge on any atom is 0.164 e.